The topological polar surface area (TPSA) is 168 Å². The van der Waals surface area contributed by atoms with E-state index in [2.05, 4.69) is 10.4 Å². The van der Waals surface area contributed by atoms with Crippen LogP contribution >= 0.6 is 0 Å². The Labute approximate surface area is 207 Å². The number of rotatable bonds is 10. The maximum absolute atomic E-state index is 13.4. The molecule has 0 heterocycles. The predicted molar refractivity (Wildman–Crippen MR) is 137 cm³/mol. The Morgan fingerprint density at radius 1 is 1.03 bits per heavy atom. The number of carbonyl (C=O) groups is 1. The lowest BCUT2D eigenvalue weighted by Gasteiger charge is -2.37. The lowest BCUT2D eigenvalue weighted by atomic mass is 9.80. The van der Waals surface area contributed by atoms with Crippen LogP contribution in [0.25, 0.3) is 11.6 Å². The van der Waals surface area contributed by atoms with Gasteiger partial charge in [-0.3, -0.25) is 5.84 Å². The van der Waals surface area contributed by atoms with Crippen molar-refractivity contribution in [2.45, 2.75) is 5.54 Å². The number of nitrogens with two attached hydrogens (primary N) is 2. The monoisotopic (exact) mass is 505 g/mol. The highest BCUT2D eigenvalue weighted by molar-refractivity contribution is 7.92. The Balaban J connectivity index is 2.31. The molecule has 0 radical (unpaired) electrons. The van der Waals surface area contributed by atoms with Crippen LogP contribution in [-0.2, 0) is 25.2 Å². The minimum Gasteiger partial charge on any atom is -0.479 e. The van der Waals surface area contributed by atoms with Gasteiger partial charge in [0, 0.05) is 5.41 Å². The van der Waals surface area contributed by atoms with Crippen LogP contribution < -0.4 is 17.1 Å². The molecule has 0 spiro atoms. The molecule has 0 amide bonds. The second kappa shape index (κ2) is 11.4. The number of hydrogen-bond acceptors (Lipinski definition) is 7. The minimum atomic E-state index is -4.62. The van der Waals surface area contributed by atoms with Gasteiger partial charge in [0.1, 0.15) is 12.3 Å². The number of hydrogen-bond donors (Lipinski definition) is 4. The first-order valence-corrected chi connectivity index (χ1v) is 11.9. The van der Waals surface area contributed by atoms with Gasteiger partial charge in [-0.2, -0.15) is 0 Å². The third kappa shape index (κ3) is 5.31. The largest absolute Gasteiger partial charge is 0.479 e. The number of nitrogens with zero attached hydrogens (tertiary/aromatic N) is 2. The Morgan fingerprint density at radius 2 is 1.67 bits per heavy atom. The number of carbonyl (C=O) groups excluding carboxylic acids is 1. The average molecular weight is 506 g/mol. The Kier molecular flexibility index (Phi) is 8.28. The fraction of sp³-hybridized carbons (Fsp3) is 0.0400. The molecule has 3 aromatic carbocycles. The van der Waals surface area contributed by atoms with Crippen molar-refractivity contribution in [3.05, 3.63) is 107 Å². The molecule has 11 heteroatoms. The van der Waals surface area contributed by atoms with Crippen LogP contribution in [0.3, 0.4) is 0 Å². The molecule has 6 N–H and O–H groups in total. The SMILES string of the molecule is NNC=Nc1cccc([C@@](C(=O)O)(C(=C=O)c2ccccc2)N(N)S(=O)(=O)C=Cc2ccccc2)c1. The fourth-order valence-corrected chi connectivity index (χ4v) is 4.68. The summed E-state index contributed by atoms with van der Waals surface area (Å²) in [5.41, 5.74) is -0.278. The zero-order valence-electron chi connectivity index (χ0n) is 18.9. The quantitative estimate of drug-likeness (QED) is 0.107. The molecule has 0 aromatic heterocycles. The smallest absolute Gasteiger partial charge is 0.336 e. The second-order valence-electron chi connectivity index (χ2n) is 7.39. The van der Waals surface area contributed by atoms with Gasteiger partial charge in [0.05, 0.1) is 11.3 Å². The van der Waals surface area contributed by atoms with E-state index < -0.39 is 27.1 Å². The lowest BCUT2D eigenvalue weighted by molar-refractivity contribution is -0.145. The third-order valence-corrected chi connectivity index (χ3v) is 6.53. The van der Waals surface area contributed by atoms with Gasteiger partial charge in [0.15, 0.2) is 0 Å². The summed E-state index contributed by atoms with van der Waals surface area (Å²) in [6.07, 6.45) is 2.41. The van der Waals surface area contributed by atoms with Crippen molar-refractivity contribution >= 4 is 45.6 Å². The van der Waals surface area contributed by atoms with Crippen molar-refractivity contribution in [3.63, 3.8) is 0 Å². The van der Waals surface area contributed by atoms with E-state index in [9.17, 15) is 23.1 Å². The van der Waals surface area contributed by atoms with Crippen LogP contribution in [0.2, 0.25) is 0 Å². The normalized spacial score (nSPS) is 13.4. The summed E-state index contributed by atoms with van der Waals surface area (Å²) >= 11 is 0. The molecule has 0 aliphatic rings. The molecule has 0 saturated heterocycles. The standard InChI is InChI=1S/C25H23N5O5S/c26-29-18-28-22-13-7-12-21(16-22)25(24(32)33,23(17-31)20-10-5-2-6-11-20)30(27)36(34,35)15-14-19-8-3-1-4-9-19/h1-16,18H,26-27H2,(H,28,29)(H,32,33)/t25-/m0/s1. The summed E-state index contributed by atoms with van der Waals surface area (Å²) in [4.78, 5) is 29.4. The average Bonchev–Trinajstić information content (AvgIpc) is 2.90. The van der Waals surface area contributed by atoms with Crippen molar-refractivity contribution in [3.8, 4) is 0 Å². The molecule has 10 nitrogen and oxygen atoms in total. The van der Waals surface area contributed by atoms with E-state index in [1.165, 1.54) is 42.5 Å². The van der Waals surface area contributed by atoms with Gasteiger partial charge in [-0.15, -0.1) is 4.41 Å². The van der Waals surface area contributed by atoms with Crippen LogP contribution in [0.5, 0.6) is 0 Å². The summed E-state index contributed by atoms with van der Waals surface area (Å²) < 4.78 is 26.9. The van der Waals surface area contributed by atoms with Crippen molar-refractivity contribution < 1.29 is 23.1 Å². The number of nitrogens with one attached hydrogen (secondary N) is 1. The maximum Gasteiger partial charge on any atom is 0.336 e. The third-order valence-electron chi connectivity index (χ3n) is 5.22. The molecule has 3 aromatic rings. The predicted octanol–water partition coefficient (Wildman–Crippen LogP) is 2.18. The first-order valence-electron chi connectivity index (χ1n) is 10.4. The number of carboxylic acid groups (broad SMARTS) is 1. The van der Waals surface area contributed by atoms with E-state index in [4.69, 9.17) is 11.7 Å². The van der Waals surface area contributed by atoms with Gasteiger partial charge < -0.3 is 10.5 Å². The molecule has 0 unspecified atom stereocenters. The molecular weight excluding hydrogens is 482 g/mol. The van der Waals surface area contributed by atoms with E-state index in [1.54, 1.807) is 54.5 Å². The summed E-state index contributed by atoms with van der Waals surface area (Å²) in [6, 6.07) is 21.8. The minimum absolute atomic E-state index is 0.116. The molecule has 0 fully saturated rings. The van der Waals surface area contributed by atoms with Crippen LogP contribution in [0.1, 0.15) is 16.7 Å². The van der Waals surface area contributed by atoms with Crippen molar-refractivity contribution in [1.82, 2.24) is 9.84 Å². The van der Waals surface area contributed by atoms with Crippen molar-refractivity contribution in [2.75, 3.05) is 0 Å². The zero-order chi connectivity index (χ0) is 26.2. The molecular formula is C25H23N5O5S. The van der Waals surface area contributed by atoms with Gasteiger partial charge in [0.2, 0.25) is 5.54 Å². The van der Waals surface area contributed by atoms with Crippen LogP contribution in [0.4, 0.5) is 5.69 Å². The number of aliphatic imine (C=N–C) groups is 1. The summed E-state index contributed by atoms with van der Waals surface area (Å²) in [5.74, 6) is 11.3. The number of sulfonamides is 1. The molecule has 0 aliphatic carbocycles. The molecule has 184 valence electrons. The van der Waals surface area contributed by atoms with Crippen molar-refractivity contribution in [1.29, 1.82) is 0 Å². The highest BCUT2D eigenvalue weighted by atomic mass is 32.2. The van der Waals surface area contributed by atoms with Gasteiger partial charge >= 0.3 is 5.97 Å². The molecule has 36 heavy (non-hydrogen) atoms. The first-order chi connectivity index (χ1) is 17.3. The summed E-state index contributed by atoms with van der Waals surface area (Å²) in [5, 5.41) is 11.3. The highest BCUT2D eigenvalue weighted by Crippen LogP contribution is 2.42. The molecule has 0 saturated carbocycles. The number of aliphatic carboxylic acids is 1. The first kappa shape index (κ1) is 26.2. The van der Waals surface area contributed by atoms with Crippen molar-refractivity contribution in [2.24, 2.45) is 16.7 Å². The van der Waals surface area contributed by atoms with Gasteiger partial charge in [0.25, 0.3) is 10.0 Å². The van der Waals surface area contributed by atoms with Gasteiger partial charge in [-0.1, -0.05) is 72.8 Å². The van der Waals surface area contributed by atoms with E-state index in [-0.39, 0.29) is 21.2 Å². The lowest BCUT2D eigenvalue weighted by Crippen LogP contribution is -2.58. The van der Waals surface area contributed by atoms with E-state index in [0.29, 0.717) is 5.56 Å². The van der Waals surface area contributed by atoms with E-state index in [1.807, 2.05) is 0 Å². The van der Waals surface area contributed by atoms with Crippen LogP contribution in [0, 0.1) is 0 Å². The second-order valence-corrected chi connectivity index (χ2v) is 9.08. The van der Waals surface area contributed by atoms with E-state index in [0.717, 1.165) is 11.7 Å². The number of carboxylic acids is 1. The highest BCUT2D eigenvalue weighted by Gasteiger charge is 2.54. The Bertz CT molecular complexity index is 1440. The van der Waals surface area contributed by atoms with Crippen LogP contribution in [0.15, 0.2) is 95.3 Å². The zero-order valence-corrected chi connectivity index (χ0v) is 19.7. The molecule has 0 bridgehead atoms. The molecule has 3 rings (SSSR count). The number of benzene rings is 3. The Hall–Kier alpha value is -4.38. The van der Waals surface area contributed by atoms with Crippen LogP contribution in [-0.4, -0.2) is 36.2 Å². The Morgan fingerprint density at radius 3 is 2.25 bits per heavy atom. The molecule has 1 atom stereocenters. The fourth-order valence-electron chi connectivity index (χ4n) is 3.56. The summed E-state index contributed by atoms with van der Waals surface area (Å²) in [7, 11) is -4.62. The number of hydrazine groups is 2. The molecule has 0 aliphatic heterocycles. The van der Waals surface area contributed by atoms with E-state index >= 15 is 0 Å². The van der Waals surface area contributed by atoms with Gasteiger partial charge in [-0.25, -0.2) is 28.8 Å². The maximum atomic E-state index is 13.4. The van der Waals surface area contributed by atoms with Gasteiger partial charge in [-0.05, 0) is 34.9 Å². The summed E-state index contributed by atoms with van der Waals surface area (Å²) in [6.45, 7) is 0.